The topological polar surface area (TPSA) is 54.9 Å². The van der Waals surface area contributed by atoms with E-state index < -0.39 is 0 Å². The minimum Gasteiger partial charge on any atom is -0.352 e. The summed E-state index contributed by atoms with van der Waals surface area (Å²) in [6, 6.07) is 0.406. The Morgan fingerprint density at radius 2 is 1.83 bits per heavy atom. The number of aromatic nitrogens is 2. The molecule has 1 aliphatic rings. The number of carbonyl (C=O) groups is 1. The van der Waals surface area contributed by atoms with Crippen LogP contribution in [0.25, 0.3) is 0 Å². The van der Waals surface area contributed by atoms with Crippen LogP contribution in [0, 0.1) is 20.8 Å². The van der Waals surface area contributed by atoms with E-state index in [9.17, 15) is 4.79 Å². The van der Waals surface area contributed by atoms with Crippen molar-refractivity contribution in [2.45, 2.75) is 57.0 Å². The van der Waals surface area contributed by atoms with Gasteiger partial charge in [-0.3, -0.25) is 4.79 Å². The Labute approximate surface area is 112 Å². The molecule has 1 saturated carbocycles. The molecular formula is C13H19N3OS. The molecule has 1 aliphatic carbocycles. The van der Waals surface area contributed by atoms with Crippen LogP contribution in [0.5, 0.6) is 0 Å². The van der Waals surface area contributed by atoms with Crippen LogP contribution in [0.2, 0.25) is 0 Å². The number of thioether (sulfide) groups is 1. The second-order valence-electron chi connectivity index (χ2n) is 4.84. The minimum absolute atomic E-state index is 0.0852. The summed E-state index contributed by atoms with van der Waals surface area (Å²) >= 11 is 1.42. The van der Waals surface area contributed by atoms with E-state index >= 15 is 0 Å². The van der Waals surface area contributed by atoms with Gasteiger partial charge in [0.15, 0.2) is 5.16 Å². The van der Waals surface area contributed by atoms with Crippen molar-refractivity contribution in [3.63, 3.8) is 0 Å². The summed E-state index contributed by atoms with van der Waals surface area (Å²) in [6.45, 7) is 7.87. The summed E-state index contributed by atoms with van der Waals surface area (Å²) in [6.07, 6.45) is 2.23. The summed E-state index contributed by atoms with van der Waals surface area (Å²) in [4.78, 5) is 20.7. The first kappa shape index (κ1) is 13.3. The van der Waals surface area contributed by atoms with Crippen molar-refractivity contribution in [3.05, 3.63) is 17.0 Å². The summed E-state index contributed by atoms with van der Waals surface area (Å²) in [5, 5.41) is 3.54. The molecule has 0 aliphatic heterocycles. The second kappa shape index (κ2) is 5.26. The first-order valence-corrected chi connectivity index (χ1v) is 7.14. The number of carbonyl (C=O) groups excluding carboxylic acids is 1. The Morgan fingerprint density at radius 1 is 1.28 bits per heavy atom. The highest BCUT2D eigenvalue weighted by Crippen LogP contribution is 2.24. The highest BCUT2D eigenvalue weighted by atomic mass is 32.2. The lowest BCUT2D eigenvalue weighted by atomic mass is 10.2. The molecule has 0 unspecified atom stereocenters. The zero-order chi connectivity index (χ0) is 13.3. The smallest absolute Gasteiger partial charge is 0.233 e. The van der Waals surface area contributed by atoms with Crippen molar-refractivity contribution in [2.75, 3.05) is 0 Å². The van der Waals surface area contributed by atoms with E-state index in [0.29, 0.717) is 11.2 Å². The Hall–Kier alpha value is -1.10. The van der Waals surface area contributed by atoms with Gasteiger partial charge in [-0.15, -0.1) is 0 Å². The quantitative estimate of drug-likeness (QED) is 0.669. The van der Waals surface area contributed by atoms with E-state index in [0.717, 1.165) is 29.8 Å². The largest absolute Gasteiger partial charge is 0.352 e. The molecule has 1 aromatic heterocycles. The molecule has 2 rings (SSSR count). The SMILES string of the molecule is Cc1nc(S[C@@H](C)C(=O)NC2CC2)nc(C)c1C. The molecule has 18 heavy (non-hydrogen) atoms. The van der Waals surface area contributed by atoms with E-state index in [4.69, 9.17) is 0 Å². The van der Waals surface area contributed by atoms with Gasteiger partial charge >= 0.3 is 0 Å². The predicted molar refractivity (Wildman–Crippen MR) is 72.7 cm³/mol. The number of hydrogen-bond donors (Lipinski definition) is 1. The van der Waals surface area contributed by atoms with Crippen LogP contribution in [0.3, 0.4) is 0 Å². The summed E-state index contributed by atoms with van der Waals surface area (Å²) in [7, 11) is 0. The summed E-state index contributed by atoms with van der Waals surface area (Å²) in [5.41, 5.74) is 3.09. The Morgan fingerprint density at radius 3 is 2.33 bits per heavy atom. The number of aryl methyl sites for hydroxylation is 2. The van der Waals surface area contributed by atoms with Crippen LogP contribution in [0.1, 0.15) is 36.7 Å². The van der Waals surface area contributed by atoms with Gasteiger partial charge < -0.3 is 5.32 Å². The monoisotopic (exact) mass is 265 g/mol. The van der Waals surface area contributed by atoms with E-state index in [1.54, 1.807) is 0 Å². The molecule has 1 amide bonds. The van der Waals surface area contributed by atoms with Crippen molar-refractivity contribution in [1.29, 1.82) is 0 Å². The van der Waals surface area contributed by atoms with Gasteiger partial charge in [0, 0.05) is 17.4 Å². The minimum atomic E-state index is -0.146. The van der Waals surface area contributed by atoms with Gasteiger partial charge in [0.05, 0.1) is 5.25 Å². The Bertz CT molecular complexity index is 448. The standard InChI is InChI=1S/C13H19N3OS/c1-7-8(2)14-13(15-9(7)3)18-10(4)12(17)16-11-5-6-11/h10-11H,5-6H2,1-4H3,(H,16,17)/t10-/m0/s1. The van der Waals surface area contributed by atoms with E-state index in [1.165, 1.54) is 11.8 Å². The third-order valence-corrected chi connectivity index (χ3v) is 4.15. The fourth-order valence-corrected chi connectivity index (χ4v) is 2.42. The molecule has 0 spiro atoms. The third-order valence-electron chi connectivity index (χ3n) is 3.19. The van der Waals surface area contributed by atoms with Gasteiger partial charge in [0.2, 0.25) is 5.91 Å². The number of nitrogens with one attached hydrogen (secondary N) is 1. The fraction of sp³-hybridized carbons (Fsp3) is 0.615. The number of amides is 1. The lowest BCUT2D eigenvalue weighted by molar-refractivity contribution is -0.120. The van der Waals surface area contributed by atoms with Crippen molar-refractivity contribution in [1.82, 2.24) is 15.3 Å². The normalized spacial score (nSPS) is 16.4. The predicted octanol–water partition coefficient (Wildman–Crippen LogP) is 2.16. The number of nitrogens with zero attached hydrogens (tertiary/aromatic N) is 2. The maximum absolute atomic E-state index is 11.8. The maximum atomic E-state index is 11.8. The summed E-state index contributed by atoms with van der Waals surface area (Å²) < 4.78 is 0. The van der Waals surface area contributed by atoms with Gasteiger partial charge in [0.25, 0.3) is 0 Å². The van der Waals surface area contributed by atoms with E-state index in [1.807, 2.05) is 27.7 Å². The zero-order valence-electron chi connectivity index (χ0n) is 11.3. The average molecular weight is 265 g/mol. The van der Waals surface area contributed by atoms with Crippen LogP contribution < -0.4 is 5.32 Å². The molecule has 0 radical (unpaired) electrons. The third kappa shape index (κ3) is 3.22. The Balaban J connectivity index is 2.01. The highest BCUT2D eigenvalue weighted by Gasteiger charge is 2.26. The van der Waals surface area contributed by atoms with Crippen LogP contribution in [-0.4, -0.2) is 27.2 Å². The van der Waals surface area contributed by atoms with Crippen LogP contribution in [-0.2, 0) is 4.79 Å². The fourth-order valence-electron chi connectivity index (χ4n) is 1.55. The number of hydrogen-bond acceptors (Lipinski definition) is 4. The van der Waals surface area contributed by atoms with Crippen LogP contribution in [0.15, 0.2) is 5.16 Å². The average Bonchev–Trinajstić information content (AvgIpc) is 3.09. The molecular weight excluding hydrogens is 246 g/mol. The molecule has 1 fully saturated rings. The zero-order valence-corrected chi connectivity index (χ0v) is 12.1. The molecule has 4 nitrogen and oxygen atoms in total. The van der Waals surface area contributed by atoms with Gasteiger partial charge in [-0.25, -0.2) is 9.97 Å². The molecule has 0 aromatic carbocycles. The molecule has 1 aromatic rings. The first-order chi connectivity index (χ1) is 8.47. The van der Waals surface area contributed by atoms with E-state index in [-0.39, 0.29) is 11.2 Å². The molecule has 0 saturated heterocycles. The molecule has 98 valence electrons. The van der Waals surface area contributed by atoms with Crippen molar-refractivity contribution in [2.24, 2.45) is 0 Å². The van der Waals surface area contributed by atoms with Crippen molar-refractivity contribution >= 4 is 17.7 Å². The van der Waals surface area contributed by atoms with Gasteiger partial charge in [-0.05, 0) is 46.1 Å². The Kier molecular flexibility index (Phi) is 3.90. The van der Waals surface area contributed by atoms with Gasteiger partial charge in [-0.1, -0.05) is 11.8 Å². The van der Waals surface area contributed by atoms with Crippen molar-refractivity contribution in [3.8, 4) is 0 Å². The molecule has 5 heteroatoms. The molecule has 1 N–H and O–H groups in total. The van der Waals surface area contributed by atoms with Gasteiger partial charge in [0.1, 0.15) is 0 Å². The molecule has 0 bridgehead atoms. The molecule has 1 heterocycles. The van der Waals surface area contributed by atoms with Crippen LogP contribution in [0.4, 0.5) is 0 Å². The summed E-state index contributed by atoms with van der Waals surface area (Å²) in [5.74, 6) is 0.0852. The maximum Gasteiger partial charge on any atom is 0.233 e. The van der Waals surface area contributed by atoms with Crippen LogP contribution >= 0.6 is 11.8 Å². The van der Waals surface area contributed by atoms with E-state index in [2.05, 4.69) is 15.3 Å². The lowest BCUT2D eigenvalue weighted by Crippen LogP contribution is -2.32. The highest BCUT2D eigenvalue weighted by molar-refractivity contribution is 8.00. The second-order valence-corrected chi connectivity index (χ2v) is 6.15. The lowest BCUT2D eigenvalue weighted by Gasteiger charge is -2.12. The van der Waals surface area contributed by atoms with Gasteiger partial charge in [-0.2, -0.15) is 0 Å². The first-order valence-electron chi connectivity index (χ1n) is 6.26. The number of rotatable bonds is 4. The van der Waals surface area contributed by atoms with Crippen molar-refractivity contribution < 1.29 is 4.79 Å². The molecule has 1 atom stereocenters.